The van der Waals surface area contributed by atoms with Crippen LogP contribution in [0.5, 0.6) is 0 Å². The molecule has 9 heteroatoms. The maximum absolute atomic E-state index is 14.1. The van der Waals surface area contributed by atoms with Gasteiger partial charge in [0.2, 0.25) is 0 Å². The molecule has 1 aromatic rings. The van der Waals surface area contributed by atoms with Gasteiger partial charge in [-0.15, -0.1) is 23.8 Å². The summed E-state index contributed by atoms with van der Waals surface area (Å²) in [6.07, 6.45) is -2.49. The molecule has 0 aliphatic heterocycles. The molecule has 1 unspecified atom stereocenters. The van der Waals surface area contributed by atoms with E-state index in [9.17, 15) is 26.9 Å². The third-order valence-electron chi connectivity index (χ3n) is 4.44. The first-order valence-electron chi connectivity index (χ1n) is 8.63. The van der Waals surface area contributed by atoms with Crippen LogP contribution in [0.25, 0.3) is 0 Å². The van der Waals surface area contributed by atoms with Crippen LogP contribution in [-0.2, 0) is 9.74 Å². The Hall–Kier alpha value is -2.48. The SMILES string of the molecule is C=C=C[Si](CC=C)(CC=C)c1cccc(N(CC)C(=O)C(F)(OF)C(F)(F)F)c1. The predicted molar refractivity (Wildman–Crippen MR) is 106 cm³/mol. The predicted octanol–water partition coefficient (Wildman–Crippen LogP) is 5.08. The molecule has 1 aromatic carbocycles. The van der Waals surface area contributed by atoms with Crippen molar-refractivity contribution in [2.75, 3.05) is 11.4 Å². The van der Waals surface area contributed by atoms with E-state index in [4.69, 9.17) is 0 Å². The molecule has 3 nitrogen and oxygen atoms in total. The second-order valence-corrected chi connectivity index (χ2v) is 10.3. The van der Waals surface area contributed by atoms with Gasteiger partial charge >= 0.3 is 17.9 Å². The van der Waals surface area contributed by atoms with Crippen molar-refractivity contribution in [3.05, 3.63) is 67.6 Å². The number of likely N-dealkylation sites (N-methyl/N-ethyl adjacent to an activating group) is 1. The third kappa shape index (κ3) is 4.93. The Morgan fingerprint density at radius 3 is 2.24 bits per heavy atom. The van der Waals surface area contributed by atoms with E-state index >= 15 is 0 Å². The zero-order valence-corrected chi connectivity index (χ0v) is 16.9. The van der Waals surface area contributed by atoms with Crippen molar-refractivity contribution in [2.45, 2.75) is 31.0 Å². The first-order chi connectivity index (χ1) is 13.6. The molecular weight excluding hydrogens is 409 g/mol. The van der Waals surface area contributed by atoms with Gasteiger partial charge in [-0.2, -0.15) is 17.6 Å². The highest BCUT2D eigenvalue weighted by molar-refractivity contribution is 6.96. The highest BCUT2D eigenvalue weighted by Crippen LogP contribution is 2.38. The Kier molecular flexibility index (Phi) is 8.32. The second kappa shape index (κ2) is 9.82. The first kappa shape index (κ1) is 24.6. The van der Waals surface area contributed by atoms with Gasteiger partial charge < -0.3 is 4.90 Å². The lowest BCUT2D eigenvalue weighted by Gasteiger charge is -2.31. The topological polar surface area (TPSA) is 29.5 Å². The minimum atomic E-state index is -5.89. The number of rotatable bonds is 10. The molecular formula is C20H22F5NO2Si. The summed E-state index contributed by atoms with van der Waals surface area (Å²) in [5, 5.41) is 0.717. The monoisotopic (exact) mass is 431 g/mol. The van der Waals surface area contributed by atoms with E-state index in [0.29, 0.717) is 17.0 Å². The van der Waals surface area contributed by atoms with Crippen LogP contribution in [0, 0.1) is 0 Å². The largest absolute Gasteiger partial charge is 0.461 e. The van der Waals surface area contributed by atoms with Crippen molar-refractivity contribution in [3.63, 3.8) is 0 Å². The third-order valence-corrected chi connectivity index (χ3v) is 8.69. The number of amides is 1. The zero-order valence-electron chi connectivity index (χ0n) is 15.9. The molecule has 0 aliphatic rings. The average Bonchev–Trinajstić information content (AvgIpc) is 2.67. The highest BCUT2D eigenvalue weighted by atomic mass is 28.3. The van der Waals surface area contributed by atoms with Gasteiger partial charge in [-0.1, -0.05) is 36.1 Å². The lowest BCUT2D eigenvalue weighted by atomic mass is 10.2. The Morgan fingerprint density at radius 2 is 1.83 bits per heavy atom. The number of halogens is 5. The number of carbonyl (C=O) groups excluding carboxylic acids is 1. The molecule has 1 rings (SSSR count). The number of anilines is 1. The summed E-state index contributed by atoms with van der Waals surface area (Å²) in [6.45, 7) is 12.1. The van der Waals surface area contributed by atoms with Crippen molar-refractivity contribution in [1.82, 2.24) is 0 Å². The number of hydrogen-bond acceptors (Lipinski definition) is 2. The van der Waals surface area contributed by atoms with Crippen LogP contribution in [-0.4, -0.2) is 32.6 Å². The van der Waals surface area contributed by atoms with Crippen LogP contribution in [0.4, 0.5) is 27.8 Å². The first-order valence-corrected chi connectivity index (χ1v) is 11.1. The maximum atomic E-state index is 14.1. The summed E-state index contributed by atoms with van der Waals surface area (Å²) in [4.78, 5) is 15.2. The average molecular weight is 431 g/mol. The molecule has 0 aromatic heterocycles. The minimum Gasteiger partial charge on any atom is -0.307 e. The van der Waals surface area contributed by atoms with Crippen molar-refractivity contribution >= 4 is 24.9 Å². The van der Waals surface area contributed by atoms with Crippen LogP contribution in [0.1, 0.15) is 6.92 Å². The molecule has 0 fully saturated rings. The highest BCUT2D eigenvalue weighted by Gasteiger charge is 2.66. The van der Waals surface area contributed by atoms with Gasteiger partial charge in [-0.05, 0) is 41.4 Å². The maximum Gasteiger partial charge on any atom is 0.461 e. The van der Waals surface area contributed by atoms with Crippen molar-refractivity contribution in [3.8, 4) is 0 Å². The Labute approximate surface area is 167 Å². The molecule has 29 heavy (non-hydrogen) atoms. The fourth-order valence-electron chi connectivity index (χ4n) is 3.03. The molecule has 0 radical (unpaired) electrons. The lowest BCUT2D eigenvalue weighted by molar-refractivity contribution is -0.380. The van der Waals surface area contributed by atoms with Crippen LogP contribution >= 0.6 is 0 Å². The number of alkyl halides is 4. The molecule has 0 N–H and O–H groups in total. The summed E-state index contributed by atoms with van der Waals surface area (Å²) in [7, 11) is -2.48. The molecule has 0 spiro atoms. The Balaban J connectivity index is 3.56. The number of nitrogens with zero attached hydrogens (tertiary/aromatic N) is 1. The van der Waals surface area contributed by atoms with Gasteiger partial charge in [0.05, 0.1) is 0 Å². The van der Waals surface area contributed by atoms with Gasteiger partial charge in [0.25, 0.3) is 0 Å². The van der Waals surface area contributed by atoms with Crippen molar-refractivity contribution < 1.29 is 31.8 Å². The lowest BCUT2D eigenvalue weighted by Crippen LogP contribution is -2.56. The van der Waals surface area contributed by atoms with Gasteiger partial charge in [-0.25, -0.2) is 0 Å². The number of hydrogen-bond donors (Lipinski definition) is 0. The van der Waals surface area contributed by atoms with Gasteiger partial charge in [0.15, 0.2) is 0 Å². The molecule has 0 heterocycles. The second-order valence-electron chi connectivity index (χ2n) is 6.26. The van der Waals surface area contributed by atoms with Gasteiger partial charge in [-0.3, -0.25) is 4.79 Å². The van der Waals surface area contributed by atoms with E-state index < -0.39 is 26.0 Å². The van der Waals surface area contributed by atoms with E-state index in [1.54, 1.807) is 23.9 Å². The molecule has 0 saturated heterocycles. The fourth-order valence-corrected chi connectivity index (χ4v) is 6.35. The Morgan fingerprint density at radius 1 is 1.24 bits per heavy atom. The summed E-state index contributed by atoms with van der Waals surface area (Å²) in [5.74, 6) is -7.30. The van der Waals surface area contributed by atoms with Gasteiger partial charge in [0.1, 0.15) is 8.07 Å². The van der Waals surface area contributed by atoms with Crippen LogP contribution in [0.2, 0.25) is 12.1 Å². The number of benzene rings is 1. The number of allylic oxidation sites excluding steroid dienone is 2. The van der Waals surface area contributed by atoms with E-state index in [-0.39, 0.29) is 12.2 Å². The molecule has 0 bridgehead atoms. The van der Waals surface area contributed by atoms with E-state index in [2.05, 4.69) is 30.4 Å². The molecule has 1 amide bonds. The van der Waals surface area contributed by atoms with Crippen molar-refractivity contribution in [2.24, 2.45) is 0 Å². The standard InChI is InChI=1S/C20H22F5NO2Si/c1-5-12-29(13-6-2,14-7-3)17-11-9-10-16(15-17)26(8-4)18(27)19(21,28-25)20(22,23)24/h5-6,9-11,14-15H,1-3,8,12-13H2,4H3. The quantitative estimate of drug-likeness (QED) is 0.224. The summed E-state index contributed by atoms with van der Waals surface area (Å²) < 4.78 is 65.3. The van der Waals surface area contributed by atoms with E-state index in [0.717, 1.165) is 5.19 Å². The van der Waals surface area contributed by atoms with Crippen LogP contribution < -0.4 is 10.1 Å². The summed E-state index contributed by atoms with van der Waals surface area (Å²) in [5.41, 5.74) is 4.52. The Bertz CT molecular complexity index is 794. The van der Waals surface area contributed by atoms with E-state index in [1.165, 1.54) is 25.1 Å². The fraction of sp³-hybridized carbons (Fsp3) is 0.300. The zero-order chi connectivity index (χ0) is 22.3. The molecule has 0 saturated carbocycles. The summed E-state index contributed by atoms with van der Waals surface area (Å²) in [6, 6.07) is 7.17. The van der Waals surface area contributed by atoms with Crippen LogP contribution in [0.15, 0.2) is 67.6 Å². The molecule has 0 aliphatic carbocycles. The van der Waals surface area contributed by atoms with Crippen LogP contribution in [0.3, 0.4) is 0 Å². The number of carbonyl (C=O) groups is 1. The van der Waals surface area contributed by atoms with Gasteiger partial charge in [0, 0.05) is 12.2 Å². The minimum absolute atomic E-state index is 0.0270. The van der Waals surface area contributed by atoms with E-state index in [1.807, 2.05) is 0 Å². The molecule has 1 atom stereocenters. The summed E-state index contributed by atoms with van der Waals surface area (Å²) >= 11 is 0. The van der Waals surface area contributed by atoms with Crippen molar-refractivity contribution in [1.29, 1.82) is 0 Å². The molecule has 158 valence electrons. The normalized spacial score (nSPS) is 13.7. The smallest absolute Gasteiger partial charge is 0.307 e.